The molecule has 2 heterocycles. The average Bonchev–Trinajstić information content (AvgIpc) is 2.17. The molecule has 0 N–H and O–H groups in total. The summed E-state index contributed by atoms with van der Waals surface area (Å²) in [6, 6.07) is 7.09. The topological polar surface area (TPSA) is 35.0 Å². The van der Waals surface area contributed by atoms with Crippen molar-refractivity contribution in [2.45, 2.75) is 0 Å². The molecule has 2 aromatic heterocycles. The van der Waals surface area contributed by atoms with Gasteiger partial charge in [0.15, 0.2) is 0 Å². The molecule has 2 aromatic rings. The summed E-state index contributed by atoms with van der Waals surface area (Å²) < 4.78 is 6.17. The maximum absolute atomic E-state index is 5.77. The molecule has 3 nitrogen and oxygen atoms in total. The molecule has 0 radical (unpaired) electrons. The van der Waals surface area contributed by atoms with Crippen molar-refractivity contribution in [1.29, 1.82) is 0 Å². The number of pyridine rings is 2. The second-order valence-corrected chi connectivity index (χ2v) is 3.99. The van der Waals surface area contributed by atoms with E-state index in [2.05, 4.69) is 25.9 Å². The summed E-state index contributed by atoms with van der Waals surface area (Å²) in [7, 11) is 0. The SMILES string of the molecule is Clc1cncc(Oc2cccc(Br)n2)c1. The molecule has 0 bridgehead atoms. The molecule has 0 fully saturated rings. The third kappa shape index (κ3) is 2.91. The molecule has 0 amide bonds. The van der Waals surface area contributed by atoms with Crippen molar-refractivity contribution in [3.63, 3.8) is 0 Å². The number of nitrogens with zero attached hydrogens (tertiary/aromatic N) is 2. The van der Waals surface area contributed by atoms with Crippen molar-refractivity contribution in [3.05, 3.63) is 46.3 Å². The minimum Gasteiger partial charge on any atom is -0.437 e. The van der Waals surface area contributed by atoms with Crippen molar-refractivity contribution >= 4 is 27.5 Å². The monoisotopic (exact) mass is 284 g/mol. The smallest absolute Gasteiger partial charge is 0.220 e. The summed E-state index contributed by atoms with van der Waals surface area (Å²) in [5, 5.41) is 0.530. The van der Waals surface area contributed by atoms with E-state index in [1.807, 2.05) is 12.1 Å². The largest absolute Gasteiger partial charge is 0.437 e. The molecular formula is C10H6BrClN2O. The Morgan fingerprint density at radius 2 is 2.13 bits per heavy atom. The van der Waals surface area contributed by atoms with E-state index in [1.54, 1.807) is 24.5 Å². The van der Waals surface area contributed by atoms with Crippen LogP contribution in [0.25, 0.3) is 0 Å². The Morgan fingerprint density at radius 3 is 2.87 bits per heavy atom. The molecule has 0 saturated carbocycles. The zero-order valence-electron chi connectivity index (χ0n) is 7.52. The summed E-state index contributed by atoms with van der Waals surface area (Å²) in [6.45, 7) is 0. The Morgan fingerprint density at radius 1 is 1.27 bits per heavy atom. The zero-order valence-corrected chi connectivity index (χ0v) is 9.86. The van der Waals surface area contributed by atoms with E-state index in [0.717, 1.165) is 4.60 Å². The first kappa shape index (κ1) is 10.4. The predicted molar refractivity (Wildman–Crippen MR) is 61.3 cm³/mol. The van der Waals surface area contributed by atoms with Gasteiger partial charge in [0.25, 0.3) is 0 Å². The van der Waals surface area contributed by atoms with Crippen LogP contribution in [-0.2, 0) is 0 Å². The minimum atomic E-state index is 0.494. The van der Waals surface area contributed by atoms with Crippen LogP contribution >= 0.6 is 27.5 Å². The van der Waals surface area contributed by atoms with Crippen LogP contribution in [-0.4, -0.2) is 9.97 Å². The van der Waals surface area contributed by atoms with Gasteiger partial charge in [-0.05, 0) is 22.0 Å². The molecule has 2 rings (SSSR count). The van der Waals surface area contributed by atoms with Gasteiger partial charge in [-0.3, -0.25) is 4.98 Å². The van der Waals surface area contributed by atoms with Crippen molar-refractivity contribution in [2.24, 2.45) is 0 Å². The van der Waals surface area contributed by atoms with Crippen LogP contribution in [0.15, 0.2) is 41.3 Å². The highest BCUT2D eigenvalue weighted by atomic mass is 79.9. The predicted octanol–water partition coefficient (Wildman–Crippen LogP) is 3.68. The maximum Gasteiger partial charge on any atom is 0.220 e. The zero-order chi connectivity index (χ0) is 10.7. The van der Waals surface area contributed by atoms with Gasteiger partial charge in [-0.25, -0.2) is 4.98 Å². The van der Waals surface area contributed by atoms with Crippen LogP contribution in [0.5, 0.6) is 11.6 Å². The first-order valence-corrected chi connectivity index (χ1v) is 5.32. The van der Waals surface area contributed by atoms with Gasteiger partial charge in [0.1, 0.15) is 10.4 Å². The molecule has 76 valence electrons. The second kappa shape index (κ2) is 4.59. The Kier molecular flexibility index (Phi) is 3.18. The van der Waals surface area contributed by atoms with Gasteiger partial charge < -0.3 is 4.74 Å². The molecule has 0 atom stereocenters. The number of ether oxygens (including phenoxy) is 1. The highest BCUT2D eigenvalue weighted by Crippen LogP contribution is 2.22. The molecule has 0 aliphatic heterocycles. The molecule has 0 aromatic carbocycles. The Balaban J connectivity index is 2.22. The standard InChI is InChI=1S/C10H6BrClN2O/c11-9-2-1-3-10(14-9)15-8-4-7(12)5-13-6-8/h1-6H. The Bertz CT molecular complexity index is 435. The summed E-state index contributed by atoms with van der Waals surface area (Å²) in [5.41, 5.74) is 0. The third-order valence-corrected chi connectivity index (χ3v) is 2.24. The van der Waals surface area contributed by atoms with Gasteiger partial charge in [-0.2, -0.15) is 0 Å². The van der Waals surface area contributed by atoms with E-state index in [-0.39, 0.29) is 0 Å². The average molecular weight is 286 g/mol. The number of hydrogen-bond acceptors (Lipinski definition) is 3. The maximum atomic E-state index is 5.77. The lowest BCUT2D eigenvalue weighted by Gasteiger charge is -2.03. The highest BCUT2D eigenvalue weighted by molar-refractivity contribution is 9.10. The van der Waals surface area contributed by atoms with E-state index < -0.39 is 0 Å². The summed E-state index contributed by atoms with van der Waals surface area (Å²) in [6.07, 6.45) is 3.12. The molecule has 0 unspecified atom stereocenters. The first-order chi connectivity index (χ1) is 7.24. The van der Waals surface area contributed by atoms with Crippen LogP contribution in [0.4, 0.5) is 0 Å². The normalized spacial score (nSPS) is 10.0. The summed E-state index contributed by atoms with van der Waals surface area (Å²) in [5.74, 6) is 1.06. The van der Waals surface area contributed by atoms with Crippen molar-refractivity contribution < 1.29 is 4.74 Å². The van der Waals surface area contributed by atoms with E-state index >= 15 is 0 Å². The van der Waals surface area contributed by atoms with Crippen LogP contribution in [0.2, 0.25) is 5.02 Å². The minimum absolute atomic E-state index is 0.494. The third-order valence-electron chi connectivity index (χ3n) is 1.59. The van der Waals surface area contributed by atoms with Crippen LogP contribution in [0.3, 0.4) is 0 Å². The van der Waals surface area contributed by atoms with Crippen molar-refractivity contribution in [1.82, 2.24) is 9.97 Å². The van der Waals surface area contributed by atoms with Gasteiger partial charge >= 0.3 is 0 Å². The molecular weight excluding hydrogens is 279 g/mol. The van der Waals surface area contributed by atoms with Gasteiger partial charge in [0.2, 0.25) is 5.88 Å². The lowest BCUT2D eigenvalue weighted by molar-refractivity contribution is 0.460. The molecule has 0 aliphatic carbocycles. The van der Waals surface area contributed by atoms with Crippen molar-refractivity contribution in [2.75, 3.05) is 0 Å². The lowest BCUT2D eigenvalue weighted by atomic mass is 10.4. The number of halogens is 2. The number of hydrogen-bond donors (Lipinski definition) is 0. The van der Waals surface area contributed by atoms with E-state index in [1.165, 1.54) is 0 Å². The van der Waals surface area contributed by atoms with Gasteiger partial charge in [0, 0.05) is 18.3 Å². The first-order valence-electron chi connectivity index (χ1n) is 4.15. The molecule has 0 aliphatic rings. The molecule has 0 spiro atoms. The quantitative estimate of drug-likeness (QED) is 0.789. The molecule has 15 heavy (non-hydrogen) atoms. The fourth-order valence-electron chi connectivity index (χ4n) is 1.02. The van der Waals surface area contributed by atoms with Crippen LogP contribution in [0.1, 0.15) is 0 Å². The van der Waals surface area contributed by atoms with E-state index in [0.29, 0.717) is 16.7 Å². The number of aromatic nitrogens is 2. The van der Waals surface area contributed by atoms with Gasteiger partial charge in [-0.1, -0.05) is 17.7 Å². The Hall–Kier alpha value is -1.13. The number of rotatable bonds is 2. The van der Waals surface area contributed by atoms with Crippen molar-refractivity contribution in [3.8, 4) is 11.6 Å². The van der Waals surface area contributed by atoms with Gasteiger partial charge in [-0.15, -0.1) is 0 Å². The second-order valence-electron chi connectivity index (χ2n) is 2.74. The molecule has 5 heteroatoms. The highest BCUT2D eigenvalue weighted by Gasteiger charge is 2.00. The summed E-state index contributed by atoms with van der Waals surface area (Å²) >= 11 is 9.03. The molecule has 0 saturated heterocycles. The van der Waals surface area contributed by atoms with E-state index in [9.17, 15) is 0 Å². The Labute approximate surface area is 100 Å². The fraction of sp³-hybridized carbons (Fsp3) is 0. The van der Waals surface area contributed by atoms with Crippen LogP contribution in [0, 0.1) is 0 Å². The fourth-order valence-corrected chi connectivity index (χ4v) is 1.51. The lowest BCUT2D eigenvalue weighted by Crippen LogP contribution is -1.88. The van der Waals surface area contributed by atoms with Gasteiger partial charge in [0.05, 0.1) is 11.2 Å². The van der Waals surface area contributed by atoms with E-state index in [4.69, 9.17) is 16.3 Å². The summed E-state index contributed by atoms with van der Waals surface area (Å²) in [4.78, 5) is 8.03. The van der Waals surface area contributed by atoms with Crippen LogP contribution < -0.4 is 4.74 Å².